The van der Waals surface area contributed by atoms with Gasteiger partial charge in [0, 0.05) is 18.8 Å². The van der Waals surface area contributed by atoms with Crippen LogP contribution in [0.15, 0.2) is 35.5 Å². The molecule has 0 bridgehead atoms. The molecule has 0 unspecified atom stereocenters. The van der Waals surface area contributed by atoms with E-state index in [-0.39, 0.29) is 0 Å². The van der Waals surface area contributed by atoms with Crippen LogP contribution in [0, 0.1) is 5.92 Å². The lowest BCUT2D eigenvalue weighted by molar-refractivity contribution is 0.228. The first-order valence-corrected chi connectivity index (χ1v) is 6.59. The molecule has 0 saturated carbocycles. The Morgan fingerprint density at radius 2 is 2.00 bits per heavy atom. The molecule has 1 fully saturated rings. The Morgan fingerprint density at radius 3 is 2.69 bits per heavy atom. The van der Waals surface area contributed by atoms with Crippen LogP contribution >= 0.6 is 0 Å². The van der Waals surface area contributed by atoms with E-state index >= 15 is 0 Å². The van der Waals surface area contributed by atoms with E-state index in [9.17, 15) is 0 Å². The Labute approximate surface area is 100 Å². The molecule has 1 saturated heterocycles. The van der Waals surface area contributed by atoms with Gasteiger partial charge in [-0.25, -0.2) is 0 Å². The third kappa shape index (κ3) is 2.81. The predicted molar refractivity (Wildman–Crippen MR) is 73.1 cm³/mol. The minimum absolute atomic E-state index is 0.964. The second-order valence-corrected chi connectivity index (χ2v) is 4.98. The van der Waals surface area contributed by atoms with Crippen molar-refractivity contribution in [1.82, 2.24) is 4.90 Å². The average molecular weight is 215 g/mol. The van der Waals surface area contributed by atoms with Crippen LogP contribution in [0.25, 0.3) is 0 Å². The third-order valence-electron chi connectivity index (χ3n) is 3.84. The molecule has 1 aliphatic heterocycles. The number of piperidine rings is 1. The van der Waals surface area contributed by atoms with Crippen LogP contribution in [0.5, 0.6) is 0 Å². The summed E-state index contributed by atoms with van der Waals surface area (Å²) in [6.45, 7) is 4.81. The van der Waals surface area contributed by atoms with Gasteiger partial charge in [-0.3, -0.25) is 0 Å². The normalized spacial score (nSPS) is 22.7. The first kappa shape index (κ1) is 11.6. The maximum Gasteiger partial charge on any atom is 0.138 e. The molecule has 1 aliphatic carbocycles. The zero-order chi connectivity index (χ0) is 11.4. The van der Waals surface area contributed by atoms with Crippen molar-refractivity contribution >= 4 is 7.85 Å². The maximum absolute atomic E-state index is 2.55. The molecule has 0 spiro atoms. The fourth-order valence-electron chi connectivity index (χ4n) is 2.55. The van der Waals surface area contributed by atoms with Crippen LogP contribution in [-0.2, 0) is 0 Å². The molecule has 1 nitrogen and oxygen atoms in total. The molecule has 0 aromatic rings. The monoisotopic (exact) mass is 215 g/mol. The van der Waals surface area contributed by atoms with E-state index in [0.717, 1.165) is 12.3 Å². The SMILES string of the molecule is BC1=CCC=C(N2CCC(CC)CC2)C=C1. The van der Waals surface area contributed by atoms with Gasteiger partial charge in [0.15, 0.2) is 0 Å². The Hall–Kier alpha value is -0.915. The first-order valence-electron chi connectivity index (χ1n) is 6.59. The van der Waals surface area contributed by atoms with Gasteiger partial charge in [0.05, 0.1) is 0 Å². The summed E-state index contributed by atoms with van der Waals surface area (Å²) in [6, 6.07) is 0. The molecule has 0 radical (unpaired) electrons. The maximum atomic E-state index is 2.55. The number of hydrogen-bond acceptors (Lipinski definition) is 1. The van der Waals surface area contributed by atoms with Crippen molar-refractivity contribution in [3.05, 3.63) is 35.5 Å². The van der Waals surface area contributed by atoms with Gasteiger partial charge < -0.3 is 4.90 Å². The molecular weight excluding hydrogens is 193 g/mol. The smallest absolute Gasteiger partial charge is 0.138 e. The summed E-state index contributed by atoms with van der Waals surface area (Å²) in [5.41, 5.74) is 2.82. The van der Waals surface area contributed by atoms with Crippen molar-refractivity contribution in [3.8, 4) is 0 Å². The van der Waals surface area contributed by atoms with Crippen LogP contribution in [0.3, 0.4) is 0 Å². The van der Waals surface area contributed by atoms with Crippen molar-refractivity contribution in [1.29, 1.82) is 0 Å². The van der Waals surface area contributed by atoms with E-state index < -0.39 is 0 Å². The number of allylic oxidation sites excluding steroid dienone is 5. The number of nitrogens with zero attached hydrogens (tertiary/aromatic N) is 1. The Bertz CT molecular complexity index is 320. The highest BCUT2D eigenvalue weighted by atomic mass is 15.1. The number of hydrogen-bond donors (Lipinski definition) is 0. The van der Waals surface area contributed by atoms with Gasteiger partial charge in [-0.1, -0.05) is 37.0 Å². The molecule has 2 aliphatic rings. The molecule has 1 heterocycles. The van der Waals surface area contributed by atoms with E-state index in [4.69, 9.17) is 0 Å². The van der Waals surface area contributed by atoms with Crippen molar-refractivity contribution in [2.24, 2.45) is 5.92 Å². The molecule has 0 amide bonds. The van der Waals surface area contributed by atoms with Crippen LogP contribution in [-0.4, -0.2) is 25.8 Å². The molecular formula is C14H22BN. The fraction of sp³-hybridized carbons (Fsp3) is 0.571. The Kier molecular flexibility index (Phi) is 3.92. The molecule has 2 heteroatoms. The van der Waals surface area contributed by atoms with Gasteiger partial charge in [0.25, 0.3) is 0 Å². The predicted octanol–water partition coefficient (Wildman–Crippen LogP) is 2.47. The van der Waals surface area contributed by atoms with Gasteiger partial charge in [0.2, 0.25) is 0 Å². The zero-order valence-corrected chi connectivity index (χ0v) is 10.6. The zero-order valence-electron chi connectivity index (χ0n) is 10.6. The average Bonchev–Trinajstić information content (AvgIpc) is 2.54. The van der Waals surface area contributed by atoms with Crippen LogP contribution in [0.4, 0.5) is 0 Å². The van der Waals surface area contributed by atoms with Gasteiger partial charge >= 0.3 is 0 Å². The molecule has 2 rings (SSSR count). The Morgan fingerprint density at radius 1 is 1.25 bits per heavy atom. The standard InChI is InChI=1S/C14H22BN/c1-2-12-8-10-16(11-9-12)14-5-3-4-13(15)6-7-14/h4-7,12H,2-3,8-11,15H2,1H3. The lowest BCUT2D eigenvalue weighted by Gasteiger charge is -2.34. The third-order valence-corrected chi connectivity index (χ3v) is 3.84. The first-order chi connectivity index (χ1) is 7.79. The highest BCUT2D eigenvalue weighted by Crippen LogP contribution is 2.24. The van der Waals surface area contributed by atoms with Crippen molar-refractivity contribution in [2.45, 2.75) is 32.6 Å². The molecule has 0 atom stereocenters. The Balaban J connectivity index is 1.95. The quantitative estimate of drug-likeness (QED) is 0.639. The number of rotatable bonds is 2. The summed E-state index contributed by atoms with van der Waals surface area (Å²) in [5, 5.41) is 0. The van der Waals surface area contributed by atoms with Gasteiger partial charge in [-0.15, -0.1) is 0 Å². The highest BCUT2D eigenvalue weighted by molar-refractivity contribution is 6.23. The minimum atomic E-state index is 0.964. The van der Waals surface area contributed by atoms with E-state index in [0.29, 0.717) is 0 Å². The van der Waals surface area contributed by atoms with Crippen LogP contribution < -0.4 is 0 Å². The van der Waals surface area contributed by atoms with Crippen LogP contribution in [0.1, 0.15) is 32.6 Å². The second kappa shape index (κ2) is 5.42. The fourth-order valence-corrected chi connectivity index (χ4v) is 2.55. The molecule has 16 heavy (non-hydrogen) atoms. The van der Waals surface area contributed by atoms with Gasteiger partial charge in [0.1, 0.15) is 7.85 Å². The summed E-state index contributed by atoms with van der Waals surface area (Å²) in [5.74, 6) is 0.964. The molecule has 86 valence electrons. The largest absolute Gasteiger partial charge is 0.372 e. The van der Waals surface area contributed by atoms with Crippen LogP contribution in [0.2, 0.25) is 0 Å². The minimum Gasteiger partial charge on any atom is -0.372 e. The topological polar surface area (TPSA) is 3.24 Å². The summed E-state index contributed by atoms with van der Waals surface area (Å²) < 4.78 is 0. The lowest BCUT2D eigenvalue weighted by atomic mass is 9.94. The van der Waals surface area contributed by atoms with E-state index in [2.05, 4.69) is 44.0 Å². The number of likely N-dealkylation sites (tertiary alicyclic amines) is 1. The summed E-state index contributed by atoms with van der Waals surface area (Å²) >= 11 is 0. The summed E-state index contributed by atoms with van der Waals surface area (Å²) in [7, 11) is 2.18. The molecule has 0 N–H and O–H groups in total. The van der Waals surface area contributed by atoms with Crippen molar-refractivity contribution < 1.29 is 0 Å². The van der Waals surface area contributed by atoms with E-state index in [1.807, 2.05) is 0 Å². The highest BCUT2D eigenvalue weighted by Gasteiger charge is 2.18. The van der Waals surface area contributed by atoms with Gasteiger partial charge in [-0.05, 0) is 31.3 Å². The molecule has 0 aromatic heterocycles. The van der Waals surface area contributed by atoms with Crippen molar-refractivity contribution in [3.63, 3.8) is 0 Å². The summed E-state index contributed by atoms with van der Waals surface area (Å²) in [4.78, 5) is 2.55. The summed E-state index contributed by atoms with van der Waals surface area (Å²) in [6.07, 6.45) is 14.4. The van der Waals surface area contributed by atoms with E-state index in [1.54, 1.807) is 0 Å². The lowest BCUT2D eigenvalue weighted by Crippen LogP contribution is -2.32. The van der Waals surface area contributed by atoms with Gasteiger partial charge in [-0.2, -0.15) is 0 Å². The van der Waals surface area contributed by atoms with E-state index in [1.165, 1.54) is 43.5 Å². The molecule has 0 aromatic carbocycles. The second-order valence-electron chi connectivity index (χ2n) is 4.98. The van der Waals surface area contributed by atoms with Crippen molar-refractivity contribution in [2.75, 3.05) is 13.1 Å².